The predicted octanol–water partition coefficient (Wildman–Crippen LogP) is 2.08. The van der Waals surface area contributed by atoms with Gasteiger partial charge in [-0.2, -0.15) is 0 Å². The van der Waals surface area contributed by atoms with Crippen molar-refractivity contribution >= 4 is 29.1 Å². The number of rotatable bonds is 6. The molecule has 3 rings (SSSR count). The van der Waals surface area contributed by atoms with Crippen LogP contribution in [0.1, 0.15) is 6.42 Å². The zero-order valence-corrected chi connectivity index (χ0v) is 15.6. The molecule has 152 valence electrons. The first-order chi connectivity index (χ1) is 13.9. The molecule has 2 N–H and O–H groups in total. The Hall–Kier alpha value is -3.49. The summed E-state index contributed by atoms with van der Waals surface area (Å²) >= 11 is 0. The van der Waals surface area contributed by atoms with Gasteiger partial charge in [-0.15, -0.1) is 0 Å². The van der Waals surface area contributed by atoms with Gasteiger partial charge in [-0.05, 0) is 36.4 Å². The van der Waals surface area contributed by atoms with Crippen LogP contribution in [-0.2, 0) is 14.4 Å². The molecule has 2 aromatic carbocycles. The molecule has 0 radical (unpaired) electrons. The molecule has 1 fully saturated rings. The van der Waals surface area contributed by atoms with E-state index in [-0.39, 0.29) is 31.1 Å². The molecule has 0 spiro atoms. The van der Waals surface area contributed by atoms with Gasteiger partial charge in [-0.3, -0.25) is 14.4 Å². The van der Waals surface area contributed by atoms with Crippen molar-refractivity contribution in [3.8, 4) is 5.75 Å². The number of carbonyl (C=O) groups is 3. The number of nitrogens with zero attached hydrogens (tertiary/aromatic N) is 1. The third-order valence-electron chi connectivity index (χ3n) is 4.51. The smallest absolute Gasteiger partial charge is 0.243 e. The summed E-state index contributed by atoms with van der Waals surface area (Å²) in [4.78, 5) is 38.0. The largest absolute Gasteiger partial charge is 0.497 e. The van der Waals surface area contributed by atoms with Gasteiger partial charge in [0.25, 0.3) is 0 Å². The van der Waals surface area contributed by atoms with Crippen molar-refractivity contribution in [2.24, 2.45) is 5.92 Å². The highest BCUT2D eigenvalue weighted by atomic mass is 19.2. The Morgan fingerprint density at radius 2 is 1.86 bits per heavy atom. The molecular formula is C20H19F2N3O4. The third kappa shape index (κ3) is 4.87. The van der Waals surface area contributed by atoms with Crippen LogP contribution in [0.25, 0.3) is 0 Å². The maximum atomic E-state index is 13.2. The Morgan fingerprint density at radius 1 is 1.14 bits per heavy atom. The number of ether oxygens (including phenoxy) is 1. The second-order valence-electron chi connectivity index (χ2n) is 6.50. The second kappa shape index (κ2) is 8.68. The van der Waals surface area contributed by atoms with E-state index in [1.807, 2.05) is 0 Å². The van der Waals surface area contributed by atoms with Crippen LogP contribution in [0.3, 0.4) is 0 Å². The van der Waals surface area contributed by atoms with Crippen molar-refractivity contribution in [2.45, 2.75) is 6.42 Å². The zero-order valence-electron chi connectivity index (χ0n) is 15.6. The maximum Gasteiger partial charge on any atom is 0.243 e. The minimum atomic E-state index is -1.09. The molecular weight excluding hydrogens is 384 g/mol. The lowest BCUT2D eigenvalue weighted by atomic mass is 10.1. The Morgan fingerprint density at radius 3 is 2.52 bits per heavy atom. The minimum absolute atomic E-state index is 0.0304. The van der Waals surface area contributed by atoms with E-state index < -0.39 is 29.4 Å². The highest BCUT2D eigenvalue weighted by molar-refractivity contribution is 6.01. The van der Waals surface area contributed by atoms with Crippen LogP contribution in [0.5, 0.6) is 5.75 Å². The van der Waals surface area contributed by atoms with Crippen LogP contribution in [-0.4, -0.2) is 37.9 Å². The van der Waals surface area contributed by atoms with Crippen molar-refractivity contribution in [3.63, 3.8) is 0 Å². The average molecular weight is 403 g/mol. The predicted molar refractivity (Wildman–Crippen MR) is 101 cm³/mol. The average Bonchev–Trinajstić information content (AvgIpc) is 3.11. The van der Waals surface area contributed by atoms with Gasteiger partial charge in [-0.25, -0.2) is 8.78 Å². The summed E-state index contributed by atoms with van der Waals surface area (Å²) < 4.78 is 31.2. The number of hydrogen-bond acceptors (Lipinski definition) is 4. The second-order valence-corrected chi connectivity index (χ2v) is 6.50. The summed E-state index contributed by atoms with van der Waals surface area (Å²) in [6, 6.07) is 9.84. The summed E-state index contributed by atoms with van der Waals surface area (Å²) in [5.74, 6) is -3.28. The van der Waals surface area contributed by atoms with E-state index in [2.05, 4.69) is 10.6 Å². The van der Waals surface area contributed by atoms with E-state index in [1.54, 1.807) is 31.4 Å². The van der Waals surface area contributed by atoms with Gasteiger partial charge in [0.2, 0.25) is 17.7 Å². The van der Waals surface area contributed by atoms with E-state index in [1.165, 1.54) is 11.0 Å². The third-order valence-corrected chi connectivity index (χ3v) is 4.51. The summed E-state index contributed by atoms with van der Waals surface area (Å²) in [5, 5.41) is 4.82. The standard InChI is InChI=1S/C20H19F2N3O4/c1-29-15-5-3-14(4-6-15)25-11-12(8-19(25)27)20(28)23-10-18(26)24-13-2-7-16(21)17(22)9-13/h2-7,9,12H,8,10-11H2,1H3,(H,23,28)(H,24,26). The molecule has 0 bridgehead atoms. The van der Waals surface area contributed by atoms with Crippen LogP contribution in [0.15, 0.2) is 42.5 Å². The van der Waals surface area contributed by atoms with Crippen LogP contribution >= 0.6 is 0 Å². The van der Waals surface area contributed by atoms with Crippen molar-refractivity contribution in [1.29, 1.82) is 0 Å². The van der Waals surface area contributed by atoms with Crippen molar-refractivity contribution in [2.75, 3.05) is 30.4 Å². The molecule has 1 aliphatic rings. The number of hydrogen-bond donors (Lipinski definition) is 2. The van der Waals surface area contributed by atoms with Gasteiger partial charge in [0.05, 0.1) is 19.6 Å². The number of methoxy groups -OCH3 is 1. The van der Waals surface area contributed by atoms with E-state index >= 15 is 0 Å². The van der Waals surface area contributed by atoms with Crippen LogP contribution < -0.4 is 20.3 Å². The first-order valence-electron chi connectivity index (χ1n) is 8.84. The monoisotopic (exact) mass is 403 g/mol. The van der Waals surface area contributed by atoms with E-state index in [4.69, 9.17) is 4.74 Å². The van der Waals surface area contributed by atoms with E-state index in [9.17, 15) is 23.2 Å². The zero-order chi connectivity index (χ0) is 21.0. The van der Waals surface area contributed by atoms with Crippen LogP contribution in [0.2, 0.25) is 0 Å². The summed E-state index contributed by atoms with van der Waals surface area (Å²) in [7, 11) is 1.54. The van der Waals surface area contributed by atoms with Gasteiger partial charge < -0.3 is 20.3 Å². The highest BCUT2D eigenvalue weighted by Gasteiger charge is 2.35. The number of amides is 3. The van der Waals surface area contributed by atoms with Gasteiger partial charge in [0.15, 0.2) is 11.6 Å². The Labute approximate surface area is 165 Å². The molecule has 0 aliphatic carbocycles. The topological polar surface area (TPSA) is 87.7 Å². The molecule has 1 atom stereocenters. The fourth-order valence-corrected chi connectivity index (χ4v) is 2.99. The quantitative estimate of drug-likeness (QED) is 0.773. The number of benzene rings is 2. The molecule has 2 aromatic rings. The SMILES string of the molecule is COc1ccc(N2CC(C(=O)NCC(=O)Nc3ccc(F)c(F)c3)CC2=O)cc1. The fourth-order valence-electron chi connectivity index (χ4n) is 2.99. The van der Waals surface area contributed by atoms with E-state index in [0.717, 1.165) is 12.1 Å². The Bertz CT molecular complexity index is 934. The molecule has 1 heterocycles. The number of nitrogens with one attached hydrogen (secondary N) is 2. The molecule has 7 nitrogen and oxygen atoms in total. The van der Waals surface area contributed by atoms with E-state index in [0.29, 0.717) is 11.4 Å². The van der Waals surface area contributed by atoms with Gasteiger partial charge >= 0.3 is 0 Å². The van der Waals surface area contributed by atoms with Crippen LogP contribution in [0.4, 0.5) is 20.2 Å². The van der Waals surface area contributed by atoms with Gasteiger partial charge in [0.1, 0.15) is 5.75 Å². The van der Waals surface area contributed by atoms with Gasteiger partial charge in [-0.1, -0.05) is 0 Å². The number of halogens is 2. The first-order valence-corrected chi connectivity index (χ1v) is 8.84. The van der Waals surface area contributed by atoms with Crippen molar-refractivity contribution in [3.05, 3.63) is 54.1 Å². The first kappa shape index (κ1) is 20.2. The van der Waals surface area contributed by atoms with Crippen LogP contribution in [0, 0.1) is 17.6 Å². The summed E-state index contributed by atoms with van der Waals surface area (Å²) in [5.41, 5.74) is 0.729. The molecule has 1 saturated heterocycles. The fraction of sp³-hybridized carbons (Fsp3) is 0.250. The minimum Gasteiger partial charge on any atom is -0.497 e. The lowest BCUT2D eigenvalue weighted by Gasteiger charge is -2.17. The molecule has 1 unspecified atom stereocenters. The molecule has 29 heavy (non-hydrogen) atoms. The molecule has 1 aliphatic heterocycles. The molecule has 3 amide bonds. The molecule has 0 saturated carbocycles. The maximum absolute atomic E-state index is 13.2. The normalized spacial score (nSPS) is 15.9. The molecule has 0 aromatic heterocycles. The van der Waals surface area contributed by atoms with Gasteiger partial charge in [0, 0.05) is 30.4 Å². The Balaban J connectivity index is 1.52. The number of anilines is 2. The highest BCUT2D eigenvalue weighted by Crippen LogP contribution is 2.26. The van der Waals surface area contributed by atoms with Crippen molar-refractivity contribution in [1.82, 2.24) is 5.32 Å². The number of carbonyl (C=O) groups excluding carboxylic acids is 3. The lowest BCUT2D eigenvalue weighted by Crippen LogP contribution is -2.37. The summed E-state index contributed by atoms with van der Waals surface area (Å²) in [6.07, 6.45) is 0.0304. The lowest BCUT2D eigenvalue weighted by molar-refractivity contribution is -0.127. The Kier molecular flexibility index (Phi) is 6.06. The molecule has 9 heteroatoms. The van der Waals surface area contributed by atoms with Crippen molar-refractivity contribution < 1.29 is 27.9 Å². The summed E-state index contributed by atoms with van der Waals surface area (Å²) in [6.45, 7) is -0.160.